The standard InChI is InChI=1S/C27H28OSi3/c1-5-13-23(14-6-1)27(24-15-7-2-8-16-24)30-29-28-21-22-31(30,25-17-9-3-10-18-25)26-19-11-4-12-20-26/h1-20,27,30H,21-22,29H2. The monoisotopic (exact) mass is 452 g/mol. The van der Waals surface area contributed by atoms with E-state index in [1.807, 2.05) is 0 Å². The zero-order valence-electron chi connectivity index (χ0n) is 17.7. The molecule has 4 heteroatoms. The fourth-order valence-electron chi connectivity index (χ4n) is 5.48. The Morgan fingerprint density at radius 1 is 0.613 bits per heavy atom. The molecule has 0 N–H and O–H groups in total. The van der Waals surface area contributed by atoms with E-state index < -0.39 is 24.7 Å². The van der Waals surface area contributed by atoms with Gasteiger partial charge in [-0.1, -0.05) is 132 Å². The third kappa shape index (κ3) is 3.92. The van der Waals surface area contributed by atoms with Crippen molar-refractivity contribution in [2.24, 2.45) is 0 Å². The lowest BCUT2D eigenvalue weighted by Crippen LogP contribution is -2.75. The molecule has 0 amide bonds. The lowest BCUT2D eigenvalue weighted by Gasteiger charge is -2.46. The molecule has 4 aromatic rings. The zero-order valence-corrected chi connectivity index (χ0v) is 21.3. The normalized spacial score (nSPS) is 18.8. The molecule has 154 valence electrons. The molecule has 1 nitrogen and oxygen atoms in total. The quantitative estimate of drug-likeness (QED) is 0.421. The van der Waals surface area contributed by atoms with Gasteiger partial charge in [-0.3, -0.25) is 0 Å². The Kier molecular flexibility index (Phi) is 6.13. The van der Waals surface area contributed by atoms with Gasteiger partial charge in [-0.15, -0.1) is 0 Å². The van der Waals surface area contributed by atoms with E-state index in [2.05, 4.69) is 121 Å². The van der Waals surface area contributed by atoms with Crippen LogP contribution in [0.3, 0.4) is 0 Å². The lowest BCUT2D eigenvalue weighted by molar-refractivity contribution is 0.365. The molecule has 1 unspecified atom stereocenters. The molecule has 1 saturated heterocycles. The summed E-state index contributed by atoms with van der Waals surface area (Å²) >= 11 is 0. The molecule has 1 fully saturated rings. The van der Waals surface area contributed by atoms with Crippen LogP contribution >= 0.6 is 0 Å². The Bertz CT molecular complexity index is 1010. The van der Waals surface area contributed by atoms with Gasteiger partial charge in [-0.25, -0.2) is 0 Å². The summed E-state index contributed by atoms with van der Waals surface area (Å²) in [6.07, 6.45) is 0. The largest absolute Gasteiger partial charge is 0.428 e. The fourth-order valence-corrected chi connectivity index (χ4v) is 35.0. The van der Waals surface area contributed by atoms with E-state index in [0.29, 0.717) is 5.54 Å². The molecule has 0 bridgehead atoms. The highest BCUT2D eigenvalue weighted by Crippen LogP contribution is 2.34. The Hall–Kier alpha value is -2.51. The van der Waals surface area contributed by atoms with Gasteiger partial charge in [0.25, 0.3) is 0 Å². The molecule has 1 heterocycles. The fraction of sp³-hybridized carbons (Fsp3) is 0.111. The second-order valence-electron chi connectivity index (χ2n) is 8.43. The maximum absolute atomic E-state index is 6.44. The predicted octanol–water partition coefficient (Wildman–Crippen LogP) is 3.54. The van der Waals surface area contributed by atoms with Crippen LogP contribution in [0.15, 0.2) is 121 Å². The highest BCUT2D eigenvalue weighted by atomic mass is 29.6. The van der Waals surface area contributed by atoms with Gasteiger partial charge >= 0.3 is 0 Å². The van der Waals surface area contributed by atoms with E-state index in [9.17, 15) is 0 Å². The number of rotatable bonds is 5. The average Bonchev–Trinajstić information content (AvgIpc) is 2.87. The molecular formula is C27H28OSi3. The van der Waals surface area contributed by atoms with Crippen LogP contribution in [-0.4, -0.2) is 31.3 Å². The molecule has 0 saturated carbocycles. The zero-order chi connectivity index (χ0) is 20.9. The van der Waals surface area contributed by atoms with Crippen LogP contribution in [0.2, 0.25) is 6.04 Å². The van der Waals surface area contributed by atoms with Crippen molar-refractivity contribution >= 4 is 35.1 Å². The first-order chi connectivity index (χ1) is 15.4. The first-order valence-corrected chi connectivity index (χ1v) is 19.7. The van der Waals surface area contributed by atoms with Gasteiger partial charge in [-0.2, -0.15) is 0 Å². The van der Waals surface area contributed by atoms with Gasteiger partial charge < -0.3 is 4.43 Å². The van der Waals surface area contributed by atoms with Gasteiger partial charge in [0.05, 0.1) is 7.83 Å². The first-order valence-electron chi connectivity index (χ1n) is 11.2. The van der Waals surface area contributed by atoms with Crippen molar-refractivity contribution in [2.75, 3.05) is 6.61 Å². The molecule has 0 radical (unpaired) electrons. The second kappa shape index (κ2) is 9.32. The van der Waals surface area contributed by atoms with Gasteiger partial charge in [0.1, 0.15) is 16.9 Å². The molecule has 1 aliphatic rings. The molecule has 1 atom stereocenters. The molecule has 31 heavy (non-hydrogen) atoms. The molecular weight excluding hydrogens is 425 g/mol. The molecule has 1 aliphatic heterocycles. The Balaban J connectivity index is 1.75. The van der Waals surface area contributed by atoms with Crippen LogP contribution in [0, 0.1) is 0 Å². The summed E-state index contributed by atoms with van der Waals surface area (Å²) in [7, 11) is -3.86. The van der Waals surface area contributed by atoms with Crippen LogP contribution in [0.1, 0.15) is 16.7 Å². The minimum Gasteiger partial charge on any atom is -0.428 e. The lowest BCUT2D eigenvalue weighted by atomic mass is 10.0. The predicted molar refractivity (Wildman–Crippen MR) is 139 cm³/mol. The van der Waals surface area contributed by atoms with Crippen molar-refractivity contribution in [2.45, 2.75) is 11.6 Å². The molecule has 0 aromatic heterocycles. The Morgan fingerprint density at radius 3 is 1.48 bits per heavy atom. The third-order valence-electron chi connectivity index (χ3n) is 6.87. The molecule has 0 spiro atoms. The minimum absolute atomic E-state index is 0.501. The SMILES string of the molecule is c1ccc(C(c2ccccc2)[SiH]2[SiH2]OCC[Si]2(c2ccccc2)c2ccccc2)cc1. The van der Waals surface area contributed by atoms with Crippen LogP contribution in [0.25, 0.3) is 0 Å². The summed E-state index contributed by atoms with van der Waals surface area (Å²) in [5, 5.41) is 3.23. The van der Waals surface area contributed by atoms with Crippen LogP contribution < -0.4 is 10.4 Å². The highest BCUT2D eigenvalue weighted by molar-refractivity contribution is 7.59. The van der Waals surface area contributed by atoms with E-state index in [0.717, 1.165) is 6.61 Å². The topological polar surface area (TPSA) is 9.23 Å². The van der Waals surface area contributed by atoms with Gasteiger partial charge in [0.15, 0.2) is 0 Å². The maximum Gasteiger partial charge on any atom is 0.146 e. The van der Waals surface area contributed by atoms with Crippen LogP contribution in [0.5, 0.6) is 0 Å². The number of hydrogen-bond acceptors (Lipinski definition) is 1. The number of benzene rings is 4. The van der Waals surface area contributed by atoms with Gasteiger partial charge in [0, 0.05) is 6.61 Å². The molecule has 0 aliphatic carbocycles. The summed E-state index contributed by atoms with van der Waals surface area (Å²) < 4.78 is 6.44. The summed E-state index contributed by atoms with van der Waals surface area (Å²) in [5.41, 5.74) is 3.46. The van der Waals surface area contributed by atoms with E-state index >= 15 is 0 Å². The van der Waals surface area contributed by atoms with E-state index in [1.165, 1.54) is 17.2 Å². The van der Waals surface area contributed by atoms with Crippen LogP contribution in [-0.2, 0) is 4.43 Å². The first kappa shape index (κ1) is 20.4. The van der Waals surface area contributed by atoms with Crippen molar-refractivity contribution in [3.05, 3.63) is 132 Å². The Morgan fingerprint density at radius 2 is 1.03 bits per heavy atom. The van der Waals surface area contributed by atoms with Crippen molar-refractivity contribution in [3.63, 3.8) is 0 Å². The van der Waals surface area contributed by atoms with Gasteiger partial charge in [-0.05, 0) is 22.7 Å². The smallest absolute Gasteiger partial charge is 0.146 e. The van der Waals surface area contributed by atoms with Crippen molar-refractivity contribution < 1.29 is 4.43 Å². The van der Waals surface area contributed by atoms with Gasteiger partial charge in [0.2, 0.25) is 0 Å². The van der Waals surface area contributed by atoms with E-state index in [4.69, 9.17) is 4.43 Å². The summed E-state index contributed by atoms with van der Waals surface area (Å²) in [5.74, 6) is 0. The van der Waals surface area contributed by atoms with E-state index in [-0.39, 0.29) is 0 Å². The van der Waals surface area contributed by atoms with Crippen LogP contribution in [0.4, 0.5) is 0 Å². The molecule has 5 rings (SSSR count). The summed E-state index contributed by atoms with van der Waals surface area (Å²) in [4.78, 5) is 0. The third-order valence-corrected chi connectivity index (χ3v) is 32.9. The average molecular weight is 453 g/mol. The second-order valence-corrected chi connectivity index (χ2v) is 25.9. The maximum atomic E-state index is 6.44. The van der Waals surface area contributed by atoms with Crippen molar-refractivity contribution in [1.82, 2.24) is 0 Å². The summed E-state index contributed by atoms with van der Waals surface area (Å²) in [6, 6.07) is 46.7. The van der Waals surface area contributed by atoms with E-state index in [1.54, 1.807) is 10.4 Å². The number of hydrogen-bond donors (Lipinski definition) is 0. The van der Waals surface area contributed by atoms with Crippen molar-refractivity contribution in [3.8, 4) is 0 Å². The molecule has 4 aromatic carbocycles. The Labute approximate surface area is 189 Å². The highest BCUT2D eigenvalue weighted by Gasteiger charge is 2.51. The summed E-state index contributed by atoms with van der Waals surface area (Å²) in [6.45, 7) is 0.933. The van der Waals surface area contributed by atoms with Crippen molar-refractivity contribution in [1.29, 1.82) is 0 Å². The minimum atomic E-state index is -1.92.